The maximum absolute atomic E-state index is 12.7. The Morgan fingerprint density at radius 2 is 1.67 bits per heavy atom. The van der Waals surface area contributed by atoms with Crippen LogP contribution in [0.5, 0.6) is 5.88 Å². The quantitative estimate of drug-likeness (QED) is 0.476. The monoisotopic (exact) mass is 531 g/mol. The summed E-state index contributed by atoms with van der Waals surface area (Å²) in [6.45, 7) is 6.91. The van der Waals surface area contributed by atoms with Crippen LogP contribution in [0.15, 0.2) is 55.1 Å². The maximum Gasteiger partial charge on any atom is 0.416 e. The summed E-state index contributed by atoms with van der Waals surface area (Å²) in [5.41, 5.74) is 3.42. The van der Waals surface area contributed by atoms with Crippen molar-refractivity contribution in [1.29, 1.82) is 0 Å². The largest absolute Gasteiger partial charge is 0.416 e. The van der Waals surface area contributed by atoms with Gasteiger partial charge in [-0.15, -0.1) is 0 Å². The predicted octanol–water partition coefficient (Wildman–Crippen LogP) is 3.41. The Labute approximate surface area is 229 Å². The zero-order chi connectivity index (χ0) is 27.0. The summed E-state index contributed by atoms with van der Waals surface area (Å²) in [5.74, 6) is 0.00429. The van der Waals surface area contributed by atoms with Gasteiger partial charge in [0.15, 0.2) is 0 Å². The van der Waals surface area contributed by atoms with Gasteiger partial charge in [-0.1, -0.05) is 18.6 Å². The Balaban J connectivity index is 1.04. The second-order valence-corrected chi connectivity index (χ2v) is 10.4. The van der Waals surface area contributed by atoms with E-state index in [9.17, 15) is 9.59 Å². The van der Waals surface area contributed by atoms with Crippen molar-refractivity contribution in [3.05, 3.63) is 71.9 Å². The number of piperidine rings is 1. The molecule has 0 radical (unpaired) electrons. The Hall–Kier alpha value is -3.76. The second kappa shape index (κ2) is 12.9. The van der Waals surface area contributed by atoms with Crippen LogP contribution in [0.1, 0.15) is 40.9 Å². The number of benzene rings is 1. The van der Waals surface area contributed by atoms with Gasteiger partial charge in [-0.25, -0.2) is 14.8 Å². The van der Waals surface area contributed by atoms with E-state index in [1.54, 1.807) is 17.0 Å². The highest BCUT2D eigenvalue weighted by molar-refractivity contribution is 6.04. The molecule has 2 aliphatic rings. The van der Waals surface area contributed by atoms with Gasteiger partial charge in [0.25, 0.3) is 5.91 Å². The number of anilines is 1. The topological polar surface area (TPSA) is 95.8 Å². The molecular formula is C29H37N7O3. The van der Waals surface area contributed by atoms with Crippen molar-refractivity contribution in [2.45, 2.75) is 32.2 Å². The molecule has 0 aliphatic carbocycles. The predicted molar refractivity (Wildman–Crippen MR) is 149 cm³/mol. The van der Waals surface area contributed by atoms with Crippen LogP contribution in [0.3, 0.4) is 0 Å². The first-order chi connectivity index (χ1) is 19.0. The highest BCUT2D eigenvalue weighted by Crippen LogP contribution is 2.17. The molecule has 0 unspecified atom stereocenters. The molecule has 5 rings (SSSR count). The minimum absolute atomic E-state index is 0.202. The molecular weight excluding hydrogens is 494 g/mol. The van der Waals surface area contributed by atoms with E-state index in [-0.39, 0.29) is 11.8 Å². The zero-order valence-electron chi connectivity index (χ0n) is 22.6. The van der Waals surface area contributed by atoms with Crippen LogP contribution in [0.25, 0.3) is 0 Å². The number of carbonyl (C=O) groups is 2. The van der Waals surface area contributed by atoms with Crippen molar-refractivity contribution < 1.29 is 14.3 Å². The molecule has 2 aliphatic heterocycles. The number of piperazine rings is 1. The van der Waals surface area contributed by atoms with Gasteiger partial charge in [-0.3, -0.25) is 14.6 Å². The number of likely N-dealkylation sites (tertiary alicyclic amines) is 1. The first kappa shape index (κ1) is 26.8. The molecule has 1 aromatic carbocycles. The van der Waals surface area contributed by atoms with E-state index in [0.717, 1.165) is 51.4 Å². The van der Waals surface area contributed by atoms with Crippen molar-refractivity contribution in [2.24, 2.45) is 7.05 Å². The first-order valence-corrected chi connectivity index (χ1v) is 13.8. The molecule has 2 aromatic heterocycles. The Morgan fingerprint density at radius 3 is 2.33 bits per heavy atom. The molecule has 1 N–H and O–H groups in total. The fourth-order valence-corrected chi connectivity index (χ4v) is 5.03. The van der Waals surface area contributed by atoms with Gasteiger partial charge in [0.2, 0.25) is 5.88 Å². The lowest BCUT2D eigenvalue weighted by atomic mass is 10.1. The van der Waals surface area contributed by atoms with Crippen molar-refractivity contribution in [3.8, 4) is 5.88 Å². The van der Waals surface area contributed by atoms with Gasteiger partial charge >= 0.3 is 6.09 Å². The maximum atomic E-state index is 12.7. The number of nitrogens with one attached hydrogen (secondary N) is 1. The highest BCUT2D eigenvalue weighted by atomic mass is 16.6. The van der Waals surface area contributed by atoms with E-state index < -0.39 is 6.09 Å². The van der Waals surface area contributed by atoms with Crippen molar-refractivity contribution in [2.75, 3.05) is 51.1 Å². The van der Waals surface area contributed by atoms with Crippen LogP contribution in [-0.2, 0) is 20.0 Å². The van der Waals surface area contributed by atoms with Gasteiger partial charge in [0.05, 0.1) is 23.9 Å². The van der Waals surface area contributed by atoms with Gasteiger partial charge in [0, 0.05) is 70.6 Å². The van der Waals surface area contributed by atoms with Gasteiger partial charge < -0.3 is 19.5 Å². The van der Waals surface area contributed by atoms with Crippen LogP contribution < -0.4 is 10.1 Å². The van der Waals surface area contributed by atoms with Crippen molar-refractivity contribution >= 4 is 17.7 Å². The van der Waals surface area contributed by atoms with Crippen LogP contribution in [-0.4, -0.2) is 87.0 Å². The van der Waals surface area contributed by atoms with E-state index >= 15 is 0 Å². The fraction of sp³-hybridized carbons (Fsp3) is 0.448. The smallest absolute Gasteiger partial charge is 0.391 e. The van der Waals surface area contributed by atoms with E-state index in [0.29, 0.717) is 24.3 Å². The normalized spacial score (nSPS) is 16.7. The van der Waals surface area contributed by atoms with Gasteiger partial charge in [-0.2, -0.15) is 0 Å². The fourth-order valence-electron chi connectivity index (χ4n) is 5.03. The standard InChI is InChI=1S/C29H37N7O3/c1-33-21-26(31-22-33)11-14-34-15-17-36(18-16-34)29(38)39-27-10-9-25(19-30-27)32-28(37)24-7-5-23(6-8-24)20-35-12-3-2-4-13-35/h5-10,19,21-22H,2-4,11-18,20H2,1H3,(H,32,37). The summed E-state index contributed by atoms with van der Waals surface area (Å²) in [5, 5.41) is 2.86. The molecule has 0 saturated carbocycles. The summed E-state index contributed by atoms with van der Waals surface area (Å²) in [7, 11) is 1.97. The average molecular weight is 532 g/mol. The number of nitrogens with zero attached hydrogens (tertiary/aromatic N) is 6. The van der Waals surface area contributed by atoms with E-state index in [1.807, 2.05) is 48.4 Å². The molecule has 0 spiro atoms. The molecule has 0 atom stereocenters. The summed E-state index contributed by atoms with van der Waals surface area (Å²) in [6, 6.07) is 11.0. The molecule has 2 amide bonds. The number of imidazole rings is 1. The Bertz CT molecular complexity index is 1230. The number of aryl methyl sites for hydroxylation is 1. The molecule has 10 nitrogen and oxygen atoms in total. The molecule has 206 valence electrons. The third-order valence-electron chi connectivity index (χ3n) is 7.33. The zero-order valence-corrected chi connectivity index (χ0v) is 22.6. The van der Waals surface area contributed by atoms with E-state index in [2.05, 4.69) is 25.1 Å². The van der Waals surface area contributed by atoms with Crippen LogP contribution >= 0.6 is 0 Å². The number of aromatic nitrogens is 3. The Morgan fingerprint density at radius 1 is 0.897 bits per heavy atom. The lowest BCUT2D eigenvalue weighted by Gasteiger charge is -2.33. The molecule has 3 aromatic rings. The number of ether oxygens (including phenoxy) is 1. The number of hydrogen-bond donors (Lipinski definition) is 1. The SMILES string of the molecule is Cn1cnc(CCN2CCN(C(=O)Oc3ccc(NC(=O)c4ccc(CN5CCCCC5)cc4)cn3)CC2)c1. The summed E-state index contributed by atoms with van der Waals surface area (Å²) in [4.78, 5) is 40.4. The molecule has 2 saturated heterocycles. The number of amides is 2. The van der Waals surface area contributed by atoms with E-state index in [1.165, 1.54) is 31.0 Å². The first-order valence-electron chi connectivity index (χ1n) is 13.8. The van der Waals surface area contributed by atoms with E-state index in [4.69, 9.17) is 4.74 Å². The summed E-state index contributed by atoms with van der Waals surface area (Å²) < 4.78 is 7.42. The lowest BCUT2D eigenvalue weighted by Crippen LogP contribution is -2.50. The van der Waals surface area contributed by atoms with Gasteiger partial charge in [-0.05, 0) is 49.7 Å². The lowest BCUT2D eigenvalue weighted by molar-refractivity contribution is 0.102. The minimum atomic E-state index is -0.409. The number of hydrogen-bond acceptors (Lipinski definition) is 7. The van der Waals surface area contributed by atoms with Crippen LogP contribution in [0, 0.1) is 0 Å². The second-order valence-electron chi connectivity index (χ2n) is 10.4. The van der Waals surface area contributed by atoms with Crippen LogP contribution in [0.4, 0.5) is 10.5 Å². The summed E-state index contributed by atoms with van der Waals surface area (Å²) >= 11 is 0. The third kappa shape index (κ3) is 7.64. The van der Waals surface area contributed by atoms with Crippen molar-refractivity contribution in [1.82, 2.24) is 29.2 Å². The summed E-state index contributed by atoms with van der Waals surface area (Å²) in [6.07, 6.45) is 9.67. The van der Waals surface area contributed by atoms with Crippen LogP contribution in [0.2, 0.25) is 0 Å². The number of rotatable bonds is 8. The van der Waals surface area contributed by atoms with Gasteiger partial charge in [0.1, 0.15) is 0 Å². The average Bonchev–Trinajstić information content (AvgIpc) is 3.39. The number of carbonyl (C=O) groups excluding carboxylic acids is 2. The molecule has 4 heterocycles. The third-order valence-corrected chi connectivity index (χ3v) is 7.33. The molecule has 10 heteroatoms. The van der Waals surface area contributed by atoms with Crippen molar-refractivity contribution in [3.63, 3.8) is 0 Å². The Kier molecular flexibility index (Phi) is 8.85. The number of pyridine rings is 1. The molecule has 2 fully saturated rings. The molecule has 39 heavy (non-hydrogen) atoms. The highest BCUT2D eigenvalue weighted by Gasteiger charge is 2.23. The molecule has 0 bridgehead atoms. The minimum Gasteiger partial charge on any atom is -0.391 e.